The number of rotatable bonds is 7. The molecule has 0 atom stereocenters. The lowest BCUT2D eigenvalue weighted by molar-refractivity contribution is -0.130. The van der Waals surface area contributed by atoms with Gasteiger partial charge in [0.15, 0.2) is 0 Å². The van der Waals surface area contributed by atoms with E-state index in [-0.39, 0.29) is 23.7 Å². The molecule has 1 aliphatic carbocycles. The van der Waals surface area contributed by atoms with Crippen LogP contribution in [0.2, 0.25) is 0 Å². The van der Waals surface area contributed by atoms with Crippen molar-refractivity contribution >= 4 is 11.8 Å². The normalized spacial score (nSPS) is 22.6. The second kappa shape index (κ2) is 8.95. The van der Waals surface area contributed by atoms with Crippen LogP contribution in [0.4, 0.5) is 0 Å². The fourth-order valence-electron chi connectivity index (χ4n) is 2.49. The van der Waals surface area contributed by atoms with Gasteiger partial charge in [0.2, 0.25) is 11.8 Å². The number of hydrogen-bond acceptors (Lipinski definition) is 3. The third-order valence-corrected chi connectivity index (χ3v) is 3.76. The molecule has 0 heterocycles. The Morgan fingerprint density at radius 3 is 2.00 bits per heavy atom. The Morgan fingerprint density at radius 1 is 1.05 bits per heavy atom. The van der Waals surface area contributed by atoms with Crippen molar-refractivity contribution in [2.24, 2.45) is 17.8 Å². The van der Waals surface area contributed by atoms with Crippen LogP contribution in [-0.4, -0.2) is 38.6 Å². The maximum atomic E-state index is 12.0. The number of hydrogen-bond donors (Lipinski definition) is 2. The Hall–Kier alpha value is -1.10. The molecule has 0 saturated heterocycles. The van der Waals surface area contributed by atoms with E-state index in [2.05, 4.69) is 24.5 Å². The van der Waals surface area contributed by atoms with E-state index in [0.29, 0.717) is 19.1 Å². The maximum absolute atomic E-state index is 12.0. The topological polar surface area (TPSA) is 67.4 Å². The molecular formula is C15H28N2O3. The van der Waals surface area contributed by atoms with Gasteiger partial charge in [0.25, 0.3) is 0 Å². The molecule has 1 rings (SSSR count). The van der Waals surface area contributed by atoms with Crippen LogP contribution in [0.15, 0.2) is 0 Å². The molecule has 0 aliphatic heterocycles. The molecule has 1 aliphatic rings. The summed E-state index contributed by atoms with van der Waals surface area (Å²) in [6.45, 7) is 6.00. The number of carbonyl (C=O) groups is 2. The van der Waals surface area contributed by atoms with Gasteiger partial charge in [0, 0.05) is 32.0 Å². The van der Waals surface area contributed by atoms with Crippen molar-refractivity contribution in [3.63, 3.8) is 0 Å². The summed E-state index contributed by atoms with van der Waals surface area (Å²) in [7, 11) is 1.62. The first kappa shape index (κ1) is 17.0. The largest absolute Gasteiger partial charge is 0.383 e. The number of methoxy groups -OCH3 is 1. The highest BCUT2D eigenvalue weighted by Crippen LogP contribution is 2.29. The van der Waals surface area contributed by atoms with E-state index < -0.39 is 0 Å². The summed E-state index contributed by atoms with van der Waals surface area (Å²) in [5.74, 6) is 0.861. The third-order valence-electron chi connectivity index (χ3n) is 3.76. The van der Waals surface area contributed by atoms with Crippen molar-refractivity contribution in [2.45, 2.75) is 39.5 Å². The molecule has 0 bridgehead atoms. The molecule has 0 spiro atoms. The molecule has 0 aromatic rings. The number of ether oxygens (including phenoxy) is 1. The summed E-state index contributed by atoms with van der Waals surface area (Å²) in [4.78, 5) is 23.9. The molecule has 5 nitrogen and oxygen atoms in total. The Kier molecular flexibility index (Phi) is 7.59. The molecule has 5 heteroatoms. The van der Waals surface area contributed by atoms with Crippen molar-refractivity contribution in [2.75, 3.05) is 26.8 Å². The van der Waals surface area contributed by atoms with Gasteiger partial charge in [-0.25, -0.2) is 0 Å². The molecule has 2 amide bonds. The van der Waals surface area contributed by atoms with E-state index in [0.717, 1.165) is 32.2 Å². The molecule has 0 aromatic carbocycles. The first-order valence-electron chi connectivity index (χ1n) is 7.59. The van der Waals surface area contributed by atoms with Crippen LogP contribution in [0, 0.1) is 17.8 Å². The summed E-state index contributed by atoms with van der Waals surface area (Å²) in [6, 6.07) is 0. The zero-order valence-corrected chi connectivity index (χ0v) is 12.9. The standard InChI is InChI=1S/C15H28N2O3/c1-11(2)10-17-15(19)13-6-4-12(5-7-13)14(18)16-8-9-20-3/h11-13H,4-10H2,1-3H3,(H,16,18)(H,17,19). The van der Waals surface area contributed by atoms with Crippen molar-refractivity contribution < 1.29 is 14.3 Å². The molecule has 20 heavy (non-hydrogen) atoms. The summed E-state index contributed by atoms with van der Waals surface area (Å²) in [5, 5.41) is 5.85. The molecule has 2 N–H and O–H groups in total. The molecule has 1 fully saturated rings. The fraction of sp³-hybridized carbons (Fsp3) is 0.867. The number of carbonyl (C=O) groups excluding carboxylic acids is 2. The lowest BCUT2D eigenvalue weighted by Gasteiger charge is -2.27. The van der Waals surface area contributed by atoms with E-state index in [9.17, 15) is 9.59 Å². The first-order chi connectivity index (χ1) is 9.54. The third kappa shape index (κ3) is 5.90. The Labute approximate surface area is 121 Å². The zero-order valence-electron chi connectivity index (χ0n) is 12.9. The van der Waals surface area contributed by atoms with E-state index >= 15 is 0 Å². The average Bonchev–Trinajstić information content (AvgIpc) is 2.45. The molecule has 0 aromatic heterocycles. The quantitative estimate of drug-likeness (QED) is 0.693. The van der Waals surface area contributed by atoms with Crippen molar-refractivity contribution in [1.29, 1.82) is 0 Å². The Balaban J connectivity index is 2.25. The minimum atomic E-state index is 0.0565. The summed E-state index contributed by atoms with van der Waals surface area (Å²) in [5.41, 5.74) is 0. The Bertz CT molecular complexity index is 310. The lowest BCUT2D eigenvalue weighted by atomic mass is 9.81. The highest BCUT2D eigenvalue weighted by molar-refractivity contribution is 5.81. The molecule has 1 saturated carbocycles. The number of amides is 2. The minimum Gasteiger partial charge on any atom is -0.383 e. The summed E-state index contributed by atoms with van der Waals surface area (Å²) >= 11 is 0. The van der Waals surface area contributed by atoms with E-state index in [1.165, 1.54) is 0 Å². The van der Waals surface area contributed by atoms with Gasteiger partial charge >= 0.3 is 0 Å². The SMILES string of the molecule is COCCNC(=O)C1CCC(C(=O)NCC(C)C)CC1. The second-order valence-electron chi connectivity index (χ2n) is 5.97. The summed E-state index contributed by atoms with van der Waals surface area (Å²) < 4.78 is 4.91. The first-order valence-corrected chi connectivity index (χ1v) is 7.59. The monoisotopic (exact) mass is 284 g/mol. The second-order valence-corrected chi connectivity index (χ2v) is 5.97. The fourth-order valence-corrected chi connectivity index (χ4v) is 2.49. The molecule has 0 radical (unpaired) electrons. The van der Waals surface area contributed by atoms with Gasteiger partial charge in [-0.3, -0.25) is 9.59 Å². The van der Waals surface area contributed by atoms with Crippen LogP contribution in [0.1, 0.15) is 39.5 Å². The van der Waals surface area contributed by atoms with Crippen LogP contribution in [0.3, 0.4) is 0 Å². The van der Waals surface area contributed by atoms with Crippen molar-refractivity contribution in [1.82, 2.24) is 10.6 Å². The van der Waals surface area contributed by atoms with Crippen LogP contribution in [0.5, 0.6) is 0 Å². The van der Waals surface area contributed by atoms with Gasteiger partial charge in [-0.05, 0) is 31.6 Å². The highest BCUT2D eigenvalue weighted by Gasteiger charge is 2.29. The van der Waals surface area contributed by atoms with Gasteiger partial charge < -0.3 is 15.4 Å². The van der Waals surface area contributed by atoms with Crippen LogP contribution < -0.4 is 10.6 Å². The molecule has 116 valence electrons. The predicted molar refractivity (Wildman–Crippen MR) is 78.2 cm³/mol. The average molecular weight is 284 g/mol. The summed E-state index contributed by atoms with van der Waals surface area (Å²) in [6.07, 6.45) is 3.23. The van der Waals surface area contributed by atoms with Gasteiger partial charge in [-0.1, -0.05) is 13.8 Å². The van der Waals surface area contributed by atoms with Crippen molar-refractivity contribution in [3.8, 4) is 0 Å². The van der Waals surface area contributed by atoms with E-state index in [4.69, 9.17) is 4.74 Å². The van der Waals surface area contributed by atoms with Crippen LogP contribution >= 0.6 is 0 Å². The van der Waals surface area contributed by atoms with E-state index in [1.54, 1.807) is 7.11 Å². The molecular weight excluding hydrogens is 256 g/mol. The van der Waals surface area contributed by atoms with Gasteiger partial charge in [-0.15, -0.1) is 0 Å². The lowest BCUT2D eigenvalue weighted by Crippen LogP contribution is -2.39. The van der Waals surface area contributed by atoms with Gasteiger partial charge in [0.05, 0.1) is 6.61 Å². The Morgan fingerprint density at radius 2 is 1.55 bits per heavy atom. The smallest absolute Gasteiger partial charge is 0.223 e. The van der Waals surface area contributed by atoms with Gasteiger partial charge in [-0.2, -0.15) is 0 Å². The molecule has 0 unspecified atom stereocenters. The highest BCUT2D eigenvalue weighted by atomic mass is 16.5. The van der Waals surface area contributed by atoms with Crippen molar-refractivity contribution in [3.05, 3.63) is 0 Å². The maximum Gasteiger partial charge on any atom is 0.223 e. The van der Waals surface area contributed by atoms with Crippen LogP contribution in [0.25, 0.3) is 0 Å². The predicted octanol–water partition coefficient (Wildman–Crippen LogP) is 1.33. The number of nitrogens with one attached hydrogen (secondary N) is 2. The van der Waals surface area contributed by atoms with Crippen LogP contribution in [-0.2, 0) is 14.3 Å². The minimum absolute atomic E-state index is 0.0565. The zero-order chi connectivity index (χ0) is 15.0. The van der Waals surface area contributed by atoms with Gasteiger partial charge in [0.1, 0.15) is 0 Å². The van der Waals surface area contributed by atoms with E-state index in [1.807, 2.05) is 0 Å².